The number of nitrogens with zero attached hydrogens (tertiary/aromatic N) is 2. The van der Waals surface area contributed by atoms with Crippen molar-refractivity contribution in [3.63, 3.8) is 0 Å². The number of aryl methyl sites for hydroxylation is 1. The normalized spacial score (nSPS) is 9.61. The second-order valence-corrected chi connectivity index (χ2v) is 3.54. The van der Waals surface area contributed by atoms with Crippen molar-refractivity contribution < 1.29 is 34.4 Å². The minimum Gasteiger partial charge on any atom is -0.407 e. The zero-order chi connectivity index (χ0) is 12.4. The fourth-order valence-corrected chi connectivity index (χ4v) is 1.42. The number of benzene rings is 1. The van der Waals surface area contributed by atoms with Crippen LogP contribution in [0.15, 0.2) is 46.1 Å². The summed E-state index contributed by atoms with van der Waals surface area (Å²) in [4.78, 5) is 38.6. The first-order chi connectivity index (χ1) is 8.11. The topological polar surface area (TPSA) is 70.2 Å². The molecule has 1 heterocycles. The third kappa shape index (κ3) is 2.69. The number of hydrogen-bond acceptors (Lipinski definition) is 3. The van der Waals surface area contributed by atoms with E-state index in [1.54, 1.807) is 18.2 Å². The largest absolute Gasteiger partial charge is 1.00 e. The van der Waals surface area contributed by atoms with E-state index in [2.05, 4.69) is 4.98 Å². The first-order valence-corrected chi connectivity index (χ1v) is 4.96. The molecule has 2 rings (SSSR count). The van der Waals surface area contributed by atoms with E-state index < -0.39 is 17.2 Å². The zero-order valence-corrected chi connectivity index (χ0v) is 12.1. The van der Waals surface area contributed by atoms with Crippen molar-refractivity contribution in [3.05, 3.63) is 68.5 Å². The van der Waals surface area contributed by atoms with Gasteiger partial charge in [-0.3, -0.25) is 14.4 Å². The molecule has 0 fully saturated rings. The fourth-order valence-electron chi connectivity index (χ4n) is 1.42. The quantitative estimate of drug-likeness (QED) is 0.513. The molecule has 0 atom stereocenters. The van der Waals surface area contributed by atoms with Gasteiger partial charge in [0.05, 0.1) is 0 Å². The number of carbonyl (C=O) groups is 1. The van der Waals surface area contributed by atoms with Gasteiger partial charge >= 0.3 is 29.6 Å². The molecule has 0 saturated heterocycles. The van der Waals surface area contributed by atoms with Gasteiger partial charge in [-0.05, 0) is 12.5 Å². The van der Waals surface area contributed by atoms with Crippen LogP contribution in [0.25, 0.3) is 0 Å². The van der Waals surface area contributed by atoms with Crippen LogP contribution in [0.4, 0.5) is 0 Å². The molecule has 0 amide bonds. The Morgan fingerprint density at radius 2 is 1.78 bits per heavy atom. The van der Waals surface area contributed by atoms with E-state index >= 15 is 0 Å². The molecule has 0 saturated carbocycles. The predicted molar refractivity (Wildman–Crippen MR) is 61.2 cm³/mol. The fraction of sp³-hybridized carbons (Fsp3) is 0.0833. The van der Waals surface area contributed by atoms with Crippen LogP contribution in [0, 0.1) is 6.92 Å². The maximum absolute atomic E-state index is 12.0. The summed E-state index contributed by atoms with van der Waals surface area (Å²) in [6.45, 7) is 1.50. The van der Waals surface area contributed by atoms with Gasteiger partial charge in [-0.1, -0.05) is 36.5 Å². The van der Waals surface area contributed by atoms with Gasteiger partial charge in [0.25, 0.3) is 0 Å². The van der Waals surface area contributed by atoms with Crippen molar-refractivity contribution in [1.29, 1.82) is 0 Å². The number of aromatic nitrogens is 2. The molecular weight excluding hydrogens is 243 g/mol. The van der Waals surface area contributed by atoms with Crippen molar-refractivity contribution in [2.24, 2.45) is 0 Å². The Labute approximate surface area is 125 Å². The third-order valence-electron chi connectivity index (χ3n) is 2.32. The van der Waals surface area contributed by atoms with Crippen LogP contribution in [-0.4, -0.2) is 10.5 Å². The van der Waals surface area contributed by atoms with Gasteiger partial charge < -0.3 is 9.55 Å². The SMILES string of the molecule is Cc1c[n-]c(=O)n(C(=O)c2ccccc2)c1=O.[Na+]. The maximum Gasteiger partial charge on any atom is 1.00 e. The van der Waals surface area contributed by atoms with Crippen LogP contribution in [0.5, 0.6) is 0 Å². The van der Waals surface area contributed by atoms with Crippen molar-refractivity contribution in [2.75, 3.05) is 0 Å². The minimum atomic E-state index is -0.852. The van der Waals surface area contributed by atoms with E-state index in [4.69, 9.17) is 0 Å². The molecule has 18 heavy (non-hydrogen) atoms. The molecule has 5 nitrogen and oxygen atoms in total. The summed E-state index contributed by atoms with van der Waals surface area (Å²) < 4.78 is 0.546. The maximum atomic E-state index is 12.0. The molecular formula is C12H9N2NaO3. The van der Waals surface area contributed by atoms with Crippen LogP contribution in [0.3, 0.4) is 0 Å². The van der Waals surface area contributed by atoms with Crippen molar-refractivity contribution >= 4 is 5.91 Å². The molecule has 86 valence electrons. The minimum absolute atomic E-state index is 0. The van der Waals surface area contributed by atoms with Crippen molar-refractivity contribution in [1.82, 2.24) is 9.55 Å². The molecule has 0 bridgehead atoms. The molecule has 0 aliphatic heterocycles. The van der Waals surface area contributed by atoms with Gasteiger partial charge in [-0.25, -0.2) is 0 Å². The van der Waals surface area contributed by atoms with Gasteiger partial charge in [-0.15, -0.1) is 0 Å². The summed E-state index contributed by atoms with van der Waals surface area (Å²) in [6.07, 6.45) is 1.17. The van der Waals surface area contributed by atoms with E-state index in [1.807, 2.05) is 0 Å². The Balaban J connectivity index is 0.00000162. The first kappa shape index (κ1) is 14.6. The van der Waals surface area contributed by atoms with E-state index in [0.29, 0.717) is 4.57 Å². The smallest absolute Gasteiger partial charge is 0.407 e. The summed E-state index contributed by atoms with van der Waals surface area (Å²) in [5.41, 5.74) is -0.943. The number of rotatable bonds is 1. The molecule has 0 radical (unpaired) electrons. The van der Waals surface area contributed by atoms with Gasteiger partial charge in [0.2, 0.25) is 0 Å². The Morgan fingerprint density at radius 1 is 1.17 bits per heavy atom. The Hall–Kier alpha value is -1.43. The van der Waals surface area contributed by atoms with E-state index in [0.717, 1.165) is 0 Å². The molecule has 0 unspecified atom stereocenters. The molecule has 0 spiro atoms. The molecule has 2 aromatic rings. The van der Waals surface area contributed by atoms with Crippen molar-refractivity contribution in [2.45, 2.75) is 6.92 Å². The standard InChI is InChI=1S/C12H10N2O3.Na/c1-8-7-13-12(17)14(10(8)15)11(16)9-5-3-2-4-6-9;/h2-7H,1H3,(H,13,15,17);/q;+1/p-1. The second-order valence-electron chi connectivity index (χ2n) is 3.54. The van der Waals surface area contributed by atoms with Gasteiger partial charge in [-0.2, -0.15) is 0 Å². The Bertz CT molecular complexity index is 674. The van der Waals surface area contributed by atoms with Gasteiger partial charge in [0, 0.05) is 5.56 Å². The Kier molecular flexibility index (Phi) is 4.84. The number of hydrogen-bond donors (Lipinski definition) is 0. The average Bonchev–Trinajstić information content (AvgIpc) is 2.35. The summed E-state index contributed by atoms with van der Waals surface area (Å²) in [5, 5.41) is 0. The molecule has 6 heteroatoms. The Morgan fingerprint density at radius 3 is 2.39 bits per heavy atom. The average molecular weight is 252 g/mol. The molecule has 0 aliphatic carbocycles. The first-order valence-electron chi connectivity index (χ1n) is 4.96. The van der Waals surface area contributed by atoms with E-state index in [9.17, 15) is 14.4 Å². The molecule has 1 aromatic heterocycles. The molecule has 0 N–H and O–H groups in total. The molecule has 1 aromatic carbocycles. The van der Waals surface area contributed by atoms with E-state index in [-0.39, 0.29) is 40.7 Å². The third-order valence-corrected chi connectivity index (χ3v) is 2.32. The van der Waals surface area contributed by atoms with Crippen LogP contribution in [-0.2, 0) is 0 Å². The number of carbonyl (C=O) groups excluding carboxylic acids is 1. The van der Waals surface area contributed by atoms with E-state index in [1.165, 1.54) is 25.3 Å². The van der Waals surface area contributed by atoms with Gasteiger partial charge in [0.1, 0.15) is 0 Å². The van der Waals surface area contributed by atoms with Crippen LogP contribution in [0.2, 0.25) is 0 Å². The van der Waals surface area contributed by atoms with Crippen molar-refractivity contribution in [3.8, 4) is 0 Å². The molecule has 0 aliphatic rings. The summed E-state index contributed by atoms with van der Waals surface area (Å²) in [5.74, 6) is -0.656. The van der Waals surface area contributed by atoms with Crippen LogP contribution in [0.1, 0.15) is 15.9 Å². The second kappa shape index (κ2) is 5.95. The monoisotopic (exact) mass is 252 g/mol. The predicted octanol–water partition coefficient (Wildman–Crippen LogP) is -2.83. The van der Waals surface area contributed by atoms with Crippen LogP contribution < -0.4 is 45.8 Å². The summed E-state index contributed by atoms with van der Waals surface area (Å²) >= 11 is 0. The van der Waals surface area contributed by atoms with Gasteiger partial charge in [0.15, 0.2) is 17.2 Å². The van der Waals surface area contributed by atoms with Crippen LogP contribution >= 0.6 is 0 Å². The summed E-state index contributed by atoms with van der Waals surface area (Å²) in [7, 11) is 0. The summed E-state index contributed by atoms with van der Waals surface area (Å²) in [6, 6.07) is 8.14. The zero-order valence-electron chi connectivity index (χ0n) is 10.1.